The summed E-state index contributed by atoms with van der Waals surface area (Å²) >= 11 is 5.16. The molecule has 0 aliphatic carbocycles. The Hall–Kier alpha value is -3.34. The van der Waals surface area contributed by atoms with Crippen molar-refractivity contribution >= 4 is 44.9 Å². The number of hydrogen-bond acceptors (Lipinski definition) is 6. The molecular formula is C27H33N3O5S2. The van der Waals surface area contributed by atoms with E-state index < -0.39 is 10.0 Å². The Labute approximate surface area is 224 Å². The molecule has 0 aromatic heterocycles. The summed E-state index contributed by atoms with van der Waals surface area (Å²) in [4.78, 5) is 24.1. The number of rotatable bonds is 15. The summed E-state index contributed by atoms with van der Waals surface area (Å²) in [6.45, 7) is 7.85. The van der Waals surface area contributed by atoms with Crippen LogP contribution in [0, 0.1) is 0 Å². The van der Waals surface area contributed by atoms with Gasteiger partial charge in [-0.2, -0.15) is 4.31 Å². The lowest BCUT2D eigenvalue weighted by molar-refractivity contribution is -0.143. The van der Waals surface area contributed by atoms with E-state index in [2.05, 4.69) is 23.8 Å². The van der Waals surface area contributed by atoms with Crippen LogP contribution in [0.1, 0.15) is 31.2 Å². The summed E-state index contributed by atoms with van der Waals surface area (Å²) in [5, 5.41) is 5.47. The quantitative estimate of drug-likeness (QED) is 0.150. The zero-order chi connectivity index (χ0) is 27.1. The molecule has 198 valence electrons. The second kappa shape index (κ2) is 15.7. The molecule has 0 saturated heterocycles. The summed E-state index contributed by atoms with van der Waals surface area (Å²) in [5.74, 6) is -0.672. The van der Waals surface area contributed by atoms with Crippen LogP contribution in [0.25, 0.3) is 0 Å². The minimum absolute atomic E-state index is 0.0732. The molecule has 2 aromatic rings. The third kappa shape index (κ3) is 10.7. The zero-order valence-corrected chi connectivity index (χ0v) is 22.4. The smallest absolute Gasteiger partial charge is 0.305 e. The van der Waals surface area contributed by atoms with Crippen LogP contribution in [0.3, 0.4) is 0 Å². The highest BCUT2D eigenvalue weighted by atomic mass is 32.2. The first-order valence-electron chi connectivity index (χ1n) is 11.9. The van der Waals surface area contributed by atoms with Gasteiger partial charge in [0.2, 0.25) is 15.9 Å². The molecule has 8 nitrogen and oxygen atoms in total. The van der Waals surface area contributed by atoms with Crippen molar-refractivity contribution in [2.24, 2.45) is 0 Å². The molecule has 0 unspecified atom stereocenters. The first kappa shape index (κ1) is 29.9. The number of sulfonamides is 1. The highest BCUT2D eigenvalue weighted by molar-refractivity contribution is 7.89. The normalized spacial score (nSPS) is 10.9. The number of carbonyl (C=O) groups excluding carboxylic acids is 2. The van der Waals surface area contributed by atoms with E-state index in [0.717, 1.165) is 12.8 Å². The van der Waals surface area contributed by atoms with E-state index in [9.17, 15) is 18.0 Å². The third-order valence-electron chi connectivity index (χ3n) is 5.17. The van der Waals surface area contributed by atoms with E-state index in [0.29, 0.717) is 18.7 Å². The molecule has 10 heteroatoms. The van der Waals surface area contributed by atoms with Crippen molar-refractivity contribution in [3.8, 4) is 0 Å². The number of anilines is 1. The summed E-state index contributed by atoms with van der Waals surface area (Å²) in [7, 11) is -3.70. The van der Waals surface area contributed by atoms with Crippen LogP contribution in [-0.4, -0.2) is 49.4 Å². The number of esters is 1. The van der Waals surface area contributed by atoms with Crippen LogP contribution in [0.5, 0.6) is 0 Å². The Morgan fingerprint density at radius 1 is 0.946 bits per heavy atom. The van der Waals surface area contributed by atoms with Gasteiger partial charge in [0.1, 0.15) is 0 Å². The fraction of sp³-hybridized carbons (Fsp3) is 0.296. The standard InChI is InChI=1S/C27H33N3O5S2/c1-3-19-30(20-4-2)37(33,34)24-17-15-23(16-18-24)28-27(36)29-25(31)13-8-14-26(32)35-21-9-12-22-10-6-5-7-11-22/h3-7,10-11,15-18H,1-2,8-9,12-14,19-21H2,(H2,28,29,31,36). The third-order valence-corrected chi connectivity index (χ3v) is 7.22. The summed E-state index contributed by atoms with van der Waals surface area (Å²) in [6, 6.07) is 16.0. The van der Waals surface area contributed by atoms with Crippen molar-refractivity contribution in [1.82, 2.24) is 9.62 Å². The van der Waals surface area contributed by atoms with Gasteiger partial charge in [0.25, 0.3) is 0 Å². The molecule has 1 amide bonds. The summed E-state index contributed by atoms with van der Waals surface area (Å²) < 4.78 is 32.0. The molecule has 0 aliphatic heterocycles. The highest BCUT2D eigenvalue weighted by Gasteiger charge is 2.22. The molecular weight excluding hydrogens is 510 g/mol. The lowest BCUT2D eigenvalue weighted by atomic mass is 10.1. The number of nitrogens with one attached hydrogen (secondary N) is 2. The molecule has 0 fully saturated rings. The van der Waals surface area contributed by atoms with Gasteiger partial charge < -0.3 is 15.4 Å². The van der Waals surface area contributed by atoms with Gasteiger partial charge in [0, 0.05) is 31.6 Å². The highest BCUT2D eigenvalue weighted by Crippen LogP contribution is 2.18. The molecule has 37 heavy (non-hydrogen) atoms. The molecule has 2 rings (SSSR count). The largest absolute Gasteiger partial charge is 0.466 e. The first-order chi connectivity index (χ1) is 17.8. The number of aryl methyl sites for hydroxylation is 1. The van der Waals surface area contributed by atoms with E-state index in [-0.39, 0.29) is 47.8 Å². The van der Waals surface area contributed by atoms with Gasteiger partial charge >= 0.3 is 5.97 Å². The number of carbonyl (C=O) groups is 2. The number of nitrogens with zero attached hydrogens (tertiary/aromatic N) is 1. The monoisotopic (exact) mass is 543 g/mol. The van der Waals surface area contributed by atoms with Gasteiger partial charge in [-0.3, -0.25) is 9.59 Å². The van der Waals surface area contributed by atoms with Gasteiger partial charge in [-0.25, -0.2) is 8.42 Å². The molecule has 0 atom stereocenters. The molecule has 0 saturated carbocycles. The average Bonchev–Trinajstić information content (AvgIpc) is 2.87. The van der Waals surface area contributed by atoms with Crippen molar-refractivity contribution in [2.75, 3.05) is 25.0 Å². The van der Waals surface area contributed by atoms with E-state index >= 15 is 0 Å². The van der Waals surface area contributed by atoms with Crippen molar-refractivity contribution < 1.29 is 22.7 Å². The first-order valence-corrected chi connectivity index (χ1v) is 13.7. The fourth-order valence-electron chi connectivity index (χ4n) is 3.34. The van der Waals surface area contributed by atoms with Gasteiger partial charge in [-0.1, -0.05) is 42.5 Å². The predicted molar refractivity (Wildman–Crippen MR) is 150 cm³/mol. The summed E-state index contributed by atoms with van der Waals surface area (Å²) in [5.41, 5.74) is 1.71. The van der Waals surface area contributed by atoms with Crippen LogP contribution in [0.4, 0.5) is 5.69 Å². The van der Waals surface area contributed by atoms with Gasteiger partial charge in [-0.15, -0.1) is 13.2 Å². The zero-order valence-electron chi connectivity index (χ0n) is 20.7. The van der Waals surface area contributed by atoms with Gasteiger partial charge in [0.15, 0.2) is 5.11 Å². The molecule has 0 radical (unpaired) electrons. The van der Waals surface area contributed by atoms with Crippen LogP contribution in [0.15, 0.2) is 84.8 Å². The predicted octanol–water partition coefficient (Wildman–Crippen LogP) is 4.21. The molecule has 0 aliphatic rings. The lowest BCUT2D eigenvalue weighted by Crippen LogP contribution is -2.34. The van der Waals surface area contributed by atoms with E-state index in [4.69, 9.17) is 17.0 Å². The maximum atomic E-state index is 12.8. The van der Waals surface area contributed by atoms with Crippen LogP contribution in [-0.2, 0) is 30.8 Å². The Balaban J connectivity index is 1.69. The number of amides is 1. The van der Waals surface area contributed by atoms with Crippen LogP contribution < -0.4 is 10.6 Å². The maximum absolute atomic E-state index is 12.8. The molecule has 0 spiro atoms. The minimum atomic E-state index is -3.70. The van der Waals surface area contributed by atoms with Crippen molar-refractivity contribution in [2.45, 2.75) is 37.0 Å². The van der Waals surface area contributed by atoms with Crippen molar-refractivity contribution in [1.29, 1.82) is 0 Å². The van der Waals surface area contributed by atoms with E-state index in [1.165, 1.54) is 34.2 Å². The minimum Gasteiger partial charge on any atom is -0.466 e. The van der Waals surface area contributed by atoms with Gasteiger partial charge in [-0.05, 0) is 61.3 Å². The molecule has 0 bridgehead atoms. The number of ether oxygens (including phenoxy) is 1. The molecule has 2 aromatic carbocycles. The Kier molecular flexibility index (Phi) is 12.7. The van der Waals surface area contributed by atoms with Crippen molar-refractivity contribution in [3.63, 3.8) is 0 Å². The second-order valence-corrected chi connectivity index (χ2v) is 10.4. The Bertz CT molecular complexity index is 1160. The SMILES string of the molecule is C=CCN(CC=C)S(=O)(=O)c1ccc(NC(=S)NC(=O)CCCC(=O)OCCCc2ccccc2)cc1. The van der Waals surface area contributed by atoms with Crippen LogP contribution >= 0.6 is 12.2 Å². The Morgan fingerprint density at radius 3 is 2.22 bits per heavy atom. The topological polar surface area (TPSA) is 105 Å². The second-order valence-electron chi connectivity index (χ2n) is 8.09. The maximum Gasteiger partial charge on any atom is 0.305 e. The number of benzene rings is 2. The summed E-state index contributed by atoms with van der Waals surface area (Å²) in [6.07, 6.45) is 5.19. The average molecular weight is 544 g/mol. The molecule has 0 heterocycles. The fourth-order valence-corrected chi connectivity index (χ4v) is 4.96. The van der Waals surface area contributed by atoms with Crippen LogP contribution in [0.2, 0.25) is 0 Å². The van der Waals surface area contributed by atoms with E-state index in [1.54, 1.807) is 12.1 Å². The van der Waals surface area contributed by atoms with Crippen molar-refractivity contribution in [3.05, 3.63) is 85.5 Å². The van der Waals surface area contributed by atoms with E-state index in [1.807, 2.05) is 30.3 Å². The lowest BCUT2D eigenvalue weighted by Gasteiger charge is -2.19. The number of thiocarbonyl (C=S) groups is 1. The van der Waals surface area contributed by atoms with Gasteiger partial charge in [0.05, 0.1) is 11.5 Å². The Morgan fingerprint density at radius 2 is 1.59 bits per heavy atom. The number of hydrogen-bond donors (Lipinski definition) is 2. The molecule has 2 N–H and O–H groups in total.